The van der Waals surface area contributed by atoms with Gasteiger partial charge < -0.3 is 16.2 Å². The third-order valence-electron chi connectivity index (χ3n) is 4.00. The molecule has 1 amide bonds. The molecule has 4 nitrogen and oxygen atoms in total. The van der Waals surface area contributed by atoms with E-state index >= 15 is 0 Å². The van der Waals surface area contributed by atoms with Crippen molar-refractivity contribution < 1.29 is 9.90 Å². The van der Waals surface area contributed by atoms with Crippen LogP contribution in [0.25, 0.3) is 0 Å². The minimum atomic E-state index is -0.457. The van der Waals surface area contributed by atoms with Crippen LogP contribution in [0.4, 0.5) is 0 Å². The lowest BCUT2D eigenvalue weighted by molar-refractivity contribution is -0.122. The third-order valence-corrected chi connectivity index (χ3v) is 4.00. The van der Waals surface area contributed by atoms with Gasteiger partial charge in [-0.2, -0.15) is 0 Å². The van der Waals surface area contributed by atoms with Crippen molar-refractivity contribution in [2.24, 2.45) is 11.7 Å². The Hall–Kier alpha value is -1.39. The molecule has 1 fully saturated rings. The summed E-state index contributed by atoms with van der Waals surface area (Å²) in [5.41, 5.74) is 7.12. The van der Waals surface area contributed by atoms with Crippen LogP contribution in [-0.4, -0.2) is 29.7 Å². The van der Waals surface area contributed by atoms with Crippen molar-refractivity contribution in [3.05, 3.63) is 35.9 Å². The molecule has 4 heteroatoms. The van der Waals surface area contributed by atoms with Gasteiger partial charge in [-0.15, -0.1) is 0 Å². The molecule has 0 heterocycles. The number of aliphatic hydroxyl groups is 1. The van der Waals surface area contributed by atoms with Crippen LogP contribution in [0.15, 0.2) is 30.3 Å². The number of aliphatic hydroxyl groups excluding tert-OH is 1. The summed E-state index contributed by atoms with van der Waals surface area (Å²) >= 11 is 0. The number of rotatable bonds is 6. The van der Waals surface area contributed by atoms with Gasteiger partial charge in [0.15, 0.2) is 0 Å². The van der Waals surface area contributed by atoms with Gasteiger partial charge in [-0.25, -0.2) is 0 Å². The lowest BCUT2D eigenvalue weighted by Crippen LogP contribution is -2.42. The van der Waals surface area contributed by atoms with Crippen molar-refractivity contribution in [2.45, 2.75) is 44.2 Å². The molecule has 1 saturated carbocycles. The summed E-state index contributed by atoms with van der Waals surface area (Å²) in [4.78, 5) is 11.9. The molecule has 20 heavy (non-hydrogen) atoms. The molecular weight excluding hydrogens is 252 g/mol. The van der Waals surface area contributed by atoms with Gasteiger partial charge in [0.25, 0.3) is 0 Å². The Morgan fingerprint density at radius 1 is 1.35 bits per heavy atom. The van der Waals surface area contributed by atoms with Crippen LogP contribution < -0.4 is 11.1 Å². The van der Waals surface area contributed by atoms with Crippen molar-refractivity contribution in [3.8, 4) is 0 Å². The molecular formula is C16H24N2O2. The van der Waals surface area contributed by atoms with E-state index in [9.17, 15) is 9.90 Å². The summed E-state index contributed by atoms with van der Waals surface area (Å²) in [5, 5.41) is 12.4. The Morgan fingerprint density at radius 2 is 2.10 bits per heavy atom. The normalized spacial score (nSPS) is 23.5. The van der Waals surface area contributed by atoms with Crippen LogP contribution >= 0.6 is 0 Å². The maximum Gasteiger partial charge on any atom is 0.236 e. The lowest BCUT2D eigenvalue weighted by Gasteiger charge is -2.15. The molecule has 0 radical (unpaired) electrons. The fraction of sp³-hybridized carbons (Fsp3) is 0.562. The summed E-state index contributed by atoms with van der Waals surface area (Å²) in [5.74, 6) is 0.317. The molecule has 2 unspecified atom stereocenters. The van der Waals surface area contributed by atoms with Crippen molar-refractivity contribution in [2.75, 3.05) is 6.54 Å². The van der Waals surface area contributed by atoms with Crippen molar-refractivity contribution in [1.29, 1.82) is 0 Å². The Labute approximate surface area is 120 Å². The summed E-state index contributed by atoms with van der Waals surface area (Å²) in [6.45, 7) is 0.634. The van der Waals surface area contributed by atoms with E-state index < -0.39 is 6.04 Å². The number of carbonyl (C=O) groups is 1. The second-order valence-electron chi connectivity index (χ2n) is 5.71. The van der Waals surface area contributed by atoms with Gasteiger partial charge in [-0.3, -0.25) is 4.79 Å². The van der Waals surface area contributed by atoms with Gasteiger partial charge >= 0.3 is 0 Å². The Balaban J connectivity index is 1.67. The predicted octanol–water partition coefficient (Wildman–Crippen LogP) is 1.22. The molecule has 1 aliphatic rings. The number of aryl methyl sites for hydroxylation is 1. The van der Waals surface area contributed by atoms with E-state index in [-0.39, 0.29) is 12.0 Å². The highest BCUT2D eigenvalue weighted by atomic mass is 16.3. The van der Waals surface area contributed by atoms with Crippen molar-refractivity contribution in [3.63, 3.8) is 0 Å². The number of nitrogens with two attached hydrogens (primary N) is 1. The van der Waals surface area contributed by atoms with Gasteiger partial charge in [0, 0.05) is 6.54 Å². The monoisotopic (exact) mass is 276 g/mol. The zero-order valence-corrected chi connectivity index (χ0v) is 11.8. The van der Waals surface area contributed by atoms with E-state index in [0.29, 0.717) is 18.9 Å². The first-order valence-corrected chi connectivity index (χ1v) is 7.40. The van der Waals surface area contributed by atoms with Crippen molar-refractivity contribution in [1.82, 2.24) is 5.32 Å². The van der Waals surface area contributed by atoms with E-state index in [1.165, 1.54) is 5.56 Å². The smallest absolute Gasteiger partial charge is 0.236 e. The van der Waals surface area contributed by atoms with Gasteiger partial charge in [0.1, 0.15) is 0 Å². The summed E-state index contributed by atoms with van der Waals surface area (Å²) in [6.07, 6.45) is 3.91. The lowest BCUT2D eigenvalue weighted by atomic mass is 10.0. The molecule has 4 N–H and O–H groups in total. The molecule has 1 aromatic carbocycles. The third kappa shape index (κ3) is 4.62. The highest BCUT2D eigenvalue weighted by molar-refractivity contribution is 5.81. The second kappa shape index (κ2) is 7.41. The van der Waals surface area contributed by atoms with Crippen LogP contribution in [0, 0.1) is 5.92 Å². The van der Waals surface area contributed by atoms with Crippen LogP contribution in [0.3, 0.4) is 0 Å². The van der Waals surface area contributed by atoms with Crippen molar-refractivity contribution >= 4 is 5.91 Å². The van der Waals surface area contributed by atoms with E-state index in [1.54, 1.807) is 0 Å². The summed E-state index contributed by atoms with van der Waals surface area (Å²) in [6, 6.07) is 9.60. The van der Waals surface area contributed by atoms with Crippen LogP contribution in [-0.2, 0) is 11.2 Å². The van der Waals surface area contributed by atoms with Crippen LogP contribution in [0.2, 0.25) is 0 Å². The molecule has 0 bridgehead atoms. The molecule has 0 aromatic heterocycles. The quantitative estimate of drug-likeness (QED) is 0.731. The zero-order chi connectivity index (χ0) is 14.4. The molecule has 0 aliphatic heterocycles. The first-order chi connectivity index (χ1) is 9.65. The Kier molecular flexibility index (Phi) is 5.56. The van der Waals surface area contributed by atoms with Crippen LogP contribution in [0.1, 0.15) is 31.2 Å². The van der Waals surface area contributed by atoms with E-state index in [0.717, 1.165) is 25.7 Å². The minimum Gasteiger partial charge on any atom is -0.393 e. The number of hydrogen-bond donors (Lipinski definition) is 3. The molecule has 0 saturated heterocycles. The highest BCUT2D eigenvalue weighted by Crippen LogP contribution is 2.24. The molecule has 0 spiro atoms. The molecule has 3 atom stereocenters. The molecule has 1 aromatic rings. The highest BCUT2D eigenvalue weighted by Gasteiger charge is 2.23. The number of carbonyl (C=O) groups excluding carboxylic acids is 1. The average Bonchev–Trinajstić information content (AvgIpc) is 2.89. The van der Waals surface area contributed by atoms with Gasteiger partial charge in [-0.1, -0.05) is 30.3 Å². The van der Waals surface area contributed by atoms with Gasteiger partial charge in [0.2, 0.25) is 5.91 Å². The predicted molar refractivity (Wildman–Crippen MR) is 79.1 cm³/mol. The topological polar surface area (TPSA) is 75.4 Å². The fourth-order valence-electron chi connectivity index (χ4n) is 2.71. The Morgan fingerprint density at radius 3 is 2.75 bits per heavy atom. The maximum absolute atomic E-state index is 11.9. The first kappa shape index (κ1) is 15.0. The molecule has 110 valence electrons. The number of nitrogens with one attached hydrogen (secondary N) is 1. The number of benzene rings is 1. The summed E-state index contributed by atoms with van der Waals surface area (Å²) in [7, 11) is 0. The zero-order valence-electron chi connectivity index (χ0n) is 11.8. The second-order valence-corrected chi connectivity index (χ2v) is 5.71. The molecule has 1 aliphatic carbocycles. The number of hydrogen-bond acceptors (Lipinski definition) is 3. The minimum absolute atomic E-state index is 0.0812. The Bertz CT molecular complexity index is 422. The largest absolute Gasteiger partial charge is 0.393 e. The van der Waals surface area contributed by atoms with Crippen LogP contribution in [0.5, 0.6) is 0 Å². The van der Waals surface area contributed by atoms with Gasteiger partial charge in [0.05, 0.1) is 12.1 Å². The molecule has 2 rings (SSSR count). The van der Waals surface area contributed by atoms with E-state index in [4.69, 9.17) is 5.73 Å². The average molecular weight is 276 g/mol. The van der Waals surface area contributed by atoms with Gasteiger partial charge in [-0.05, 0) is 43.6 Å². The fourth-order valence-corrected chi connectivity index (χ4v) is 2.71. The SMILES string of the molecule is N[C@@H](CCc1ccccc1)C(=O)NCC1CCC(O)C1. The summed E-state index contributed by atoms with van der Waals surface area (Å²) < 4.78 is 0. The first-order valence-electron chi connectivity index (χ1n) is 7.40. The standard InChI is InChI=1S/C16H24N2O2/c17-15(9-7-12-4-2-1-3-5-12)16(20)18-11-13-6-8-14(19)10-13/h1-5,13-15,19H,6-11,17H2,(H,18,20)/t13?,14?,15-/m0/s1. The maximum atomic E-state index is 11.9. The number of amides is 1. The van der Waals surface area contributed by atoms with E-state index in [2.05, 4.69) is 5.32 Å². The van der Waals surface area contributed by atoms with E-state index in [1.807, 2.05) is 30.3 Å².